The van der Waals surface area contributed by atoms with Gasteiger partial charge in [0.05, 0.1) is 0 Å². The molecule has 0 amide bonds. The summed E-state index contributed by atoms with van der Waals surface area (Å²) in [6.45, 7) is 14.0. The number of aryl methyl sites for hydroxylation is 1. The highest BCUT2D eigenvalue weighted by atomic mass is 14.3. The highest BCUT2D eigenvalue weighted by molar-refractivity contribution is 5.36. The van der Waals surface area contributed by atoms with Crippen LogP contribution in [0.4, 0.5) is 0 Å². The Balaban J connectivity index is 3.13. The van der Waals surface area contributed by atoms with Gasteiger partial charge < -0.3 is 0 Å². The van der Waals surface area contributed by atoms with Crippen LogP contribution in [-0.4, -0.2) is 0 Å². The summed E-state index contributed by atoms with van der Waals surface area (Å²) in [7, 11) is 0. The Labute approximate surface area is 107 Å². The highest BCUT2D eigenvalue weighted by Crippen LogP contribution is 2.42. The average molecular weight is 232 g/mol. The molecule has 1 atom stereocenters. The van der Waals surface area contributed by atoms with Gasteiger partial charge in [0, 0.05) is 0 Å². The fraction of sp³-hybridized carbons (Fsp3) is 0.647. The van der Waals surface area contributed by atoms with Crippen LogP contribution in [0.2, 0.25) is 0 Å². The molecular weight excluding hydrogens is 204 g/mol. The molecule has 0 fully saturated rings. The lowest BCUT2D eigenvalue weighted by Gasteiger charge is -2.35. The first-order valence-corrected chi connectivity index (χ1v) is 7.00. The van der Waals surface area contributed by atoms with Crippen molar-refractivity contribution in [3.63, 3.8) is 0 Å². The van der Waals surface area contributed by atoms with Gasteiger partial charge in [0.2, 0.25) is 0 Å². The van der Waals surface area contributed by atoms with Crippen LogP contribution in [0, 0.1) is 19.3 Å². The lowest BCUT2D eigenvalue weighted by Crippen LogP contribution is -2.22. The van der Waals surface area contributed by atoms with Crippen molar-refractivity contribution in [1.82, 2.24) is 0 Å². The molecule has 0 aliphatic carbocycles. The maximum Gasteiger partial charge on any atom is -0.0111 e. The molecule has 1 unspecified atom stereocenters. The molecule has 0 heterocycles. The topological polar surface area (TPSA) is 0 Å². The predicted octanol–water partition coefficient (Wildman–Crippen LogP) is 5.62. The van der Waals surface area contributed by atoms with Gasteiger partial charge in [-0.1, -0.05) is 52.3 Å². The SMILES string of the molecule is CCCC(C)(C)C(CC)c1cccc(C)c1C. The number of hydrogen-bond donors (Lipinski definition) is 0. The predicted molar refractivity (Wildman–Crippen MR) is 77.6 cm³/mol. The van der Waals surface area contributed by atoms with Crippen molar-refractivity contribution in [2.24, 2.45) is 5.41 Å². The minimum atomic E-state index is 0.405. The first kappa shape index (κ1) is 14.3. The maximum atomic E-state index is 2.42. The fourth-order valence-electron chi connectivity index (χ4n) is 3.16. The summed E-state index contributed by atoms with van der Waals surface area (Å²) in [4.78, 5) is 0. The van der Waals surface area contributed by atoms with Crippen LogP contribution in [0.1, 0.15) is 69.6 Å². The van der Waals surface area contributed by atoms with E-state index in [-0.39, 0.29) is 0 Å². The molecule has 1 aromatic rings. The van der Waals surface area contributed by atoms with Crippen molar-refractivity contribution in [2.75, 3.05) is 0 Å². The largest absolute Gasteiger partial charge is 0.0654 e. The molecule has 0 spiro atoms. The molecule has 0 saturated heterocycles. The normalized spacial score (nSPS) is 13.8. The van der Waals surface area contributed by atoms with Gasteiger partial charge in [0.1, 0.15) is 0 Å². The second-order valence-electron chi connectivity index (χ2n) is 5.99. The van der Waals surface area contributed by atoms with E-state index in [1.54, 1.807) is 5.56 Å². The molecule has 1 rings (SSSR count). The third kappa shape index (κ3) is 3.12. The van der Waals surface area contributed by atoms with Crippen LogP contribution in [0.5, 0.6) is 0 Å². The number of rotatable bonds is 5. The zero-order chi connectivity index (χ0) is 13.1. The summed E-state index contributed by atoms with van der Waals surface area (Å²) in [6, 6.07) is 6.76. The molecule has 0 N–H and O–H groups in total. The molecule has 0 saturated carbocycles. The van der Waals surface area contributed by atoms with Crippen molar-refractivity contribution in [3.05, 3.63) is 34.9 Å². The lowest BCUT2D eigenvalue weighted by molar-refractivity contribution is 0.252. The Hall–Kier alpha value is -0.780. The smallest absolute Gasteiger partial charge is 0.0111 e. The Kier molecular flexibility index (Phi) is 4.80. The summed E-state index contributed by atoms with van der Waals surface area (Å²) in [5.74, 6) is 0.683. The summed E-state index contributed by atoms with van der Waals surface area (Å²) in [5, 5.41) is 0. The second kappa shape index (κ2) is 5.71. The molecule has 0 bridgehead atoms. The summed E-state index contributed by atoms with van der Waals surface area (Å²) in [6.07, 6.45) is 3.81. The van der Waals surface area contributed by atoms with Crippen LogP contribution in [0.15, 0.2) is 18.2 Å². The van der Waals surface area contributed by atoms with Gasteiger partial charge in [0.25, 0.3) is 0 Å². The van der Waals surface area contributed by atoms with Crippen LogP contribution < -0.4 is 0 Å². The highest BCUT2D eigenvalue weighted by Gasteiger charge is 2.29. The van der Waals surface area contributed by atoms with Crippen molar-refractivity contribution in [3.8, 4) is 0 Å². The summed E-state index contributed by atoms with van der Waals surface area (Å²) in [5.41, 5.74) is 4.88. The maximum absolute atomic E-state index is 2.42. The molecule has 0 aliphatic rings. The Morgan fingerprint density at radius 3 is 2.29 bits per heavy atom. The Morgan fingerprint density at radius 1 is 1.12 bits per heavy atom. The van der Waals surface area contributed by atoms with E-state index in [4.69, 9.17) is 0 Å². The zero-order valence-electron chi connectivity index (χ0n) is 12.4. The van der Waals surface area contributed by atoms with E-state index in [1.807, 2.05) is 0 Å². The quantitative estimate of drug-likeness (QED) is 0.617. The van der Waals surface area contributed by atoms with E-state index in [2.05, 4.69) is 59.7 Å². The van der Waals surface area contributed by atoms with Crippen LogP contribution in [0.25, 0.3) is 0 Å². The van der Waals surface area contributed by atoms with E-state index in [0.717, 1.165) is 0 Å². The average Bonchev–Trinajstić information content (AvgIpc) is 2.24. The molecule has 0 heteroatoms. The zero-order valence-corrected chi connectivity index (χ0v) is 12.4. The van der Waals surface area contributed by atoms with Crippen LogP contribution >= 0.6 is 0 Å². The molecule has 1 aromatic carbocycles. The van der Waals surface area contributed by atoms with Crippen molar-refractivity contribution >= 4 is 0 Å². The minimum Gasteiger partial charge on any atom is -0.0654 e. The van der Waals surface area contributed by atoms with E-state index in [9.17, 15) is 0 Å². The van der Waals surface area contributed by atoms with E-state index in [1.165, 1.54) is 30.4 Å². The van der Waals surface area contributed by atoms with Gasteiger partial charge in [-0.2, -0.15) is 0 Å². The lowest BCUT2D eigenvalue weighted by atomic mass is 9.70. The molecule has 0 aliphatic heterocycles. The van der Waals surface area contributed by atoms with Crippen molar-refractivity contribution in [1.29, 1.82) is 0 Å². The first-order valence-electron chi connectivity index (χ1n) is 7.00. The number of benzene rings is 1. The van der Waals surface area contributed by atoms with Crippen molar-refractivity contribution in [2.45, 2.75) is 66.7 Å². The summed E-state index contributed by atoms with van der Waals surface area (Å²) >= 11 is 0. The van der Waals surface area contributed by atoms with Crippen LogP contribution in [-0.2, 0) is 0 Å². The van der Waals surface area contributed by atoms with E-state index >= 15 is 0 Å². The molecule has 0 nitrogen and oxygen atoms in total. The minimum absolute atomic E-state index is 0.405. The Bertz CT molecular complexity index is 360. The number of hydrogen-bond acceptors (Lipinski definition) is 0. The van der Waals surface area contributed by atoms with Gasteiger partial charge in [-0.05, 0) is 54.7 Å². The van der Waals surface area contributed by atoms with E-state index in [0.29, 0.717) is 11.3 Å². The second-order valence-corrected chi connectivity index (χ2v) is 5.99. The monoisotopic (exact) mass is 232 g/mol. The first-order chi connectivity index (χ1) is 7.94. The molecule has 0 aromatic heterocycles. The van der Waals surface area contributed by atoms with Crippen molar-refractivity contribution < 1.29 is 0 Å². The van der Waals surface area contributed by atoms with Gasteiger partial charge in [-0.15, -0.1) is 0 Å². The van der Waals surface area contributed by atoms with E-state index < -0.39 is 0 Å². The fourth-order valence-corrected chi connectivity index (χ4v) is 3.16. The van der Waals surface area contributed by atoms with Gasteiger partial charge >= 0.3 is 0 Å². The van der Waals surface area contributed by atoms with Gasteiger partial charge in [-0.3, -0.25) is 0 Å². The Morgan fingerprint density at radius 2 is 1.76 bits per heavy atom. The van der Waals surface area contributed by atoms with Crippen LogP contribution in [0.3, 0.4) is 0 Å². The molecule has 17 heavy (non-hydrogen) atoms. The standard InChI is InChI=1S/C17H28/c1-7-12-17(5,6)16(8-2)15-11-9-10-13(3)14(15)4/h9-11,16H,7-8,12H2,1-6H3. The van der Waals surface area contributed by atoms with Gasteiger partial charge in [-0.25, -0.2) is 0 Å². The molecule has 96 valence electrons. The summed E-state index contributed by atoms with van der Waals surface area (Å²) < 4.78 is 0. The van der Waals surface area contributed by atoms with Gasteiger partial charge in [0.15, 0.2) is 0 Å². The third-order valence-electron chi connectivity index (χ3n) is 4.27. The third-order valence-corrected chi connectivity index (χ3v) is 4.27. The molecule has 0 radical (unpaired) electrons. The molecular formula is C17H28.